The van der Waals surface area contributed by atoms with Gasteiger partial charge >= 0.3 is 51.3 Å². The van der Waals surface area contributed by atoms with Gasteiger partial charge in [0, 0.05) is 12.8 Å². The van der Waals surface area contributed by atoms with E-state index in [0.717, 1.165) is 12.8 Å². The third-order valence-corrected chi connectivity index (χ3v) is 12.3. The molecular formula is C25H24CrO3S4+6. The molecule has 1 aliphatic carbocycles. The zero-order valence-electron chi connectivity index (χ0n) is 18.0. The predicted molar refractivity (Wildman–Crippen MR) is 135 cm³/mol. The molecule has 8 heteroatoms. The van der Waals surface area contributed by atoms with E-state index in [2.05, 4.69) is 116 Å². The van der Waals surface area contributed by atoms with Crippen molar-refractivity contribution in [3.05, 3.63) is 90.7 Å². The minimum atomic E-state index is 0. The fraction of sp³-hybridized carbons (Fsp3) is 0.400. The molecule has 3 nitrogen and oxygen atoms in total. The first-order chi connectivity index (χ1) is 15.8. The molecule has 5 rings (SSSR count). The van der Waals surface area contributed by atoms with E-state index in [4.69, 9.17) is 14.0 Å². The Morgan fingerprint density at radius 3 is 1.33 bits per heavy atom. The van der Waals surface area contributed by atoms with Gasteiger partial charge in [-0.1, -0.05) is 48.5 Å². The Kier molecular flexibility index (Phi) is 14.4. The van der Waals surface area contributed by atoms with E-state index in [9.17, 15) is 0 Å². The van der Waals surface area contributed by atoms with Crippen molar-refractivity contribution < 1.29 is 31.3 Å². The van der Waals surface area contributed by atoms with Gasteiger partial charge in [0.05, 0.1) is 8.16 Å². The number of benzene rings is 2. The third-order valence-electron chi connectivity index (χ3n) is 5.53. The van der Waals surface area contributed by atoms with E-state index < -0.39 is 0 Å². The van der Waals surface area contributed by atoms with Crippen LogP contribution >= 0.6 is 47.0 Å². The molecule has 0 radical (unpaired) electrons. The van der Waals surface area contributed by atoms with Crippen molar-refractivity contribution in [2.45, 2.75) is 33.8 Å². The Morgan fingerprint density at radius 2 is 0.939 bits per heavy atom. The number of hydrogen-bond donors (Lipinski definition) is 0. The third kappa shape index (κ3) is 7.29. The van der Waals surface area contributed by atoms with Gasteiger partial charge in [-0.2, -0.15) is 0 Å². The molecule has 2 aliphatic heterocycles. The van der Waals surface area contributed by atoms with Crippen molar-refractivity contribution in [1.29, 1.82) is 0 Å². The summed E-state index contributed by atoms with van der Waals surface area (Å²) in [6.45, 7) is 13.5. The number of thioether (sulfide) groups is 4. The van der Waals surface area contributed by atoms with Crippen LogP contribution < -0.4 is 0 Å². The molecule has 0 unspecified atom stereocenters. The summed E-state index contributed by atoms with van der Waals surface area (Å²) in [6, 6.07) is 19.2. The Labute approximate surface area is 224 Å². The van der Waals surface area contributed by atoms with E-state index in [0.29, 0.717) is 0 Å². The Hall–Kier alpha value is -0.408. The summed E-state index contributed by atoms with van der Waals surface area (Å²) in [6.07, 6.45) is 4.97. The van der Waals surface area contributed by atoms with Gasteiger partial charge < -0.3 is 0 Å². The summed E-state index contributed by atoms with van der Waals surface area (Å²) in [7, 11) is 0. The molecule has 2 heterocycles. The molecule has 0 N–H and O–H groups in total. The monoisotopic (exact) mass is 552 g/mol. The second kappa shape index (κ2) is 15.6. The summed E-state index contributed by atoms with van der Waals surface area (Å²) in [5.41, 5.74) is 6.11. The molecular weight excluding hydrogens is 529 g/mol. The van der Waals surface area contributed by atoms with Crippen LogP contribution in [0.1, 0.15) is 35.1 Å². The van der Waals surface area contributed by atoms with E-state index in [1.165, 1.54) is 47.0 Å². The summed E-state index contributed by atoms with van der Waals surface area (Å²) in [5.74, 6) is 5.13. The summed E-state index contributed by atoms with van der Waals surface area (Å²) >= 11 is 8.73. The number of fused-ring (bicyclic) bond motifs is 6. The van der Waals surface area contributed by atoms with Crippen molar-refractivity contribution in [1.82, 2.24) is 0 Å². The Bertz CT molecular complexity index is 860. The molecule has 0 aromatic heterocycles. The Morgan fingerprint density at radius 1 is 0.576 bits per heavy atom. The normalized spacial score (nSPS) is 18.8. The molecule has 2 fully saturated rings. The molecule has 0 amide bonds. The van der Waals surface area contributed by atoms with Crippen LogP contribution in [-0.2, 0) is 52.3 Å². The molecule has 2 aromatic rings. The summed E-state index contributed by atoms with van der Waals surface area (Å²) < 4.78 is 22.9. The zero-order valence-corrected chi connectivity index (χ0v) is 22.6. The first kappa shape index (κ1) is 30.6. The van der Waals surface area contributed by atoms with Crippen LogP contribution in [-0.4, -0.2) is 23.0 Å². The maximum Gasteiger partial charge on any atom is 6.00 e. The van der Waals surface area contributed by atoms with Crippen LogP contribution in [0.25, 0.3) is 0 Å². The summed E-state index contributed by atoms with van der Waals surface area (Å²) in [5, 5.41) is 0. The maximum atomic E-state index is 7.50. The fourth-order valence-corrected chi connectivity index (χ4v) is 11.0. The molecule has 3 aliphatic rings. The van der Waals surface area contributed by atoms with Gasteiger partial charge in [-0.05, 0) is 58.1 Å². The van der Waals surface area contributed by atoms with Gasteiger partial charge in [-0.25, -0.2) is 0 Å². The molecule has 33 heavy (non-hydrogen) atoms. The Balaban J connectivity index is 0.000000723. The van der Waals surface area contributed by atoms with Gasteiger partial charge in [0.15, 0.2) is 0 Å². The first-order valence-corrected chi connectivity index (χ1v) is 14.1. The molecule has 4 bridgehead atoms. The van der Waals surface area contributed by atoms with Gasteiger partial charge in [0.25, 0.3) is 0 Å². The van der Waals surface area contributed by atoms with Crippen LogP contribution in [0.5, 0.6) is 0 Å². The number of hydrogen-bond acceptors (Lipinski definition) is 4. The molecule has 2 spiro atoms. The smallest absolute Gasteiger partial charge is 0.139 e. The summed E-state index contributed by atoms with van der Waals surface area (Å²) in [4.78, 5) is 0. The fourth-order valence-electron chi connectivity index (χ4n) is 4.27. The average Bonchev–Trinajstić information content (AvgIpc) is 2.89. The standard InChI is InChI=1S/C22H24S4.3CO.Cr/c1-5-17-13-18(6-1)16-22(25-11-4-12-26-22)20-8-2-7-19(14-20)21(15-17)23-9-3-10-24-21;3*1-2;/h1-2,5-8,13-14H,3-4,9-12,15-16H2;;;;/q;;;;+6. The minimum Gasteiger partial charge on any atom is -0.139 e. The van der Waals surface area contributed by atoms with Crippen LogP contribution in [0.3, 0.4) is 0 Å². The van der Waals surface area contributed by atoms with Crippen LogP contribution in [0, 0.1) is 20.0 Å². The molecule has 2 aromatic carbocycles. The minimum absolute atomic E-state index is 0. The van der Waals surface area contributed by atoms with Crippen LogP contribution in [0.4, 0.5) is 0 Å². The van der Waals surface area contributed by atoms with E-state index in [1.807, 2.05) is 0 Å². The van der Waals surface area contributed by atoms with Gasteiger partial charge in [-0.3, -0.25) is 0 Å². The quantitative estimate of drug-likeness (QED) is 0.280. The van der Waals surface area contributed by atoms with Crippen molar-refractivity contribution >= 4 is 47.0 Å². The SMILES string of the molecule is [C-]#[O+].[C-]#[O+].[C-]#[O+].[Cr+6].c1cc2cc(c1)CC1(SCCCS1)c1cccc(c1)C1(C2)SCCCS1. The van der Waals surface area contributed by atoms with Gasteiger partial charge in [0.2, 0.25) is 0 Å². The molecule has 0 saturated carbocycles. The van der Waals surface area contributed by atoms with Gasteiger partial charge in [0.1, 0.15) is 0 Å². The van der Waals surface area contributed by atoms with Crippen LogP contribution in [0.2, 0.25) is 0 Å². The van der Waals surface area contributed by atoms with Crippen molar-refractivity contribution in [2.24, 2.45) is 0 Å². The molecule has 2 saturated heterocycles. The van der Waals surface area contributed by atoms with Gasteiger partial charge in [-0.15, -0.1) is 47.0 Å². The van der Waals surface area contributed by atoms with Crippen LogP contribution in [0.15, 0.2) is 48.5 Å². The second-order valence-electron chi connectivity index (χ2n) is 7.36. The van der Waals surface area contributed by atoms with E-state index in [-0.39, 0.29) is 25.5 Å². The largest absolute Gasteiger partial charge is 6.00 e. The van der Waals surface area contributed by atoms with Crippen molar-refractivity contribution in [3.8, 4) is 0 Å². The van der Waals surface area contributed by atoms with Crippen molar-refractivity contribution in [2.75, 3.05) is 23.0 Å². The first-order valence-electron chi connectivity index (χ1n) is 10.1. The predicted octanol–water partition coefficient (Wildman–Crippen LogP) is 6.42. The molecule has 0 atom stereocenters. The topological polar surface area (TPSA) is 59.7 Å². The number of rotatable bonds is 0. The zero-order chi connectivity index (χ0) is 23.5. The molecule has 166 valence electrons. The van der Waals surface area contributed by atoms with E-state index in [1.54, 1.807) is 11.1 Å². The van der Waals surface area contributed by atoms with E-state index >= 15 is 0 Å². The average molecular weight is 553 g/mol. The maximum absolute atomic E-state index is 7.50. The van der Waals surface area contributed by atoms with Crippen molar-refractivity contribution in [3.63, 3.8) is 0 Å². The second-order valence-corrected chi connectivity index (χ2v) is 13.5.